The van der Waals surface area contributed by atoms with Crippen LogP contribution >= 0.6 is 11.6 Å². The molecule has 5 aromatic rings. The SMILES string of the molecule is Cc1ccc(-n2cnc3cnc4ccc(-c5ccccc5)cc4c32)c(Cl)c1. The van der Waals surface area contributed by atoms with E-state index >= 15 is 0 Å². The molecular weight excluding hydrogens is 354 g/mol. The standard InChI is InChI=1S/C23H16ClN3/c1-15-7-10-22(19(24)11-15)27-14-26-21-13-25-20-9-8-17(12-18(20)23(21)27)16-5-3-2-4-6-16/h2-14H,1H3. The molecule has 0 spiro atoms. The second-order valence-electron chi connectivity index (χ2n) is 6.66. The van der Waals surface area contributed by atoms with E-state index in [1.165, 1.54) is 5.56 Å². The molecule has 2 heterocycles. The summed E-state index contributed by atoms with van der Waals surface area (Å²) in [4.78, 5) is 9.13. The third-order valence-corrected chi connectivity index (χ3v) is 5.15. The monoisotopic (exact) mass is 369 g/mol. The van der Waals surface area contributed by atoms with E-state index in [2.05, 4.69) is 63.1 Å². The van der Waals surface area contributed by atoms with Crippen LogP contribution in [-0.4, -0.2) is 14.5 Å². The van der Waals surface area contributed by atoms with E-state index < -0.39 is 0 Å². The van der Waals surface area contributed by atoms with Crippen molar-refractivity contribution in [2.75, 3.05) is 0 Å². The summed E-state index contributed by atoms with van der Waals surface area (Å²) in [6, 6.07) is 22.8. The molecular formula is C23H16ClN3. The molecule has 0 fully saturated rings. The maximum absolute atomic E-state index is 6.54. The Labute approximate surface area is 161 Å². The van der Waals surface area contributed by atoms with Gasteiger partial charge in [0.05, 0.1) is 27.9 Å². The van der Waals surface area contributed by atoms with Crippen molar-refractivity contribution in [3.63, 3.8) is 0 Å². The predicted molar refractivity (Wildman–Crippen MR) is 112 cm³/mol. The number of imidazole rings is 1. The van der Waals surface area contributed by atoms with Crippen LogP contribution < -0.4 is 0 Å². The van der Waals surface area contributed by atoms with Gasteiger partial charge in [-0.25, -0.2) is 4.98 Å². The highest BCUT2D eigenvalue weighted by Crippen LogP contribution is 2.31. The van der Waals surface area contributed by atoms with Crippen molar-refractivity contribution in [1.29, 1.82) is 0 Å². The molecule has 0 saturated carbocycles. The molecule has 130 valence electrons. The number of rotatable bonds is 2. The van der Waals surface area contributed by atoms with E-state index in [1.807, 2.05) is 37.6 Å². The van der Waals surface area contributed by atoms with Gasteiger partial charge in [0.1, 0.15) is 11.8 Å². The van der Waals surface area contributed by atoms with Gasteiger partial charge in [-0.05, 0) is 47.9 Å². The van der Waals surface area contributed by atoms with Gasteiger partial charge in [-0.1, -0.05) is 54.1 Å². The van der Waals surface area contributed by atoms with Gasteiger partial charge in [0.2, 0.25) is 0 Å². The Morgan fingerprint density at radius 1 is 0.815 bits per heavy atom. The van der Waals surface area contributed by atoms with E-state index in [1.54, 1.807) is 0 Å². The quantitative estimate of drug-likeness (QED) is 0.370. The summed E-state index contributed by atoms with van der Waals surface area (Å²) in [7, 11) is 0. The summed E-state index contributed by atoms with van der Waals surface area (Å²) in [5, 5.41) is 1.77. The summed E-state index contributed by atoms with van der Waals surface area (Å²) >= 11 is 6.54. The van der Waals surface area contributed by atoms with Gasteiger partial charge in [0.15, 0.2) is 0 Å². The van der Waals surface area contributed by atoms with Crippen molar-refractivity contribution in [3.05, 3.63) is 89.8 Å². The highest BCUT2D eigenvalue weighted by Gasteiger charge is 2.13. The average molecular weight is 370 g/mol. The van der Waals surface area contributed by atoms with E-state index in [0.29, 0.717) is 5.02 Å². The van der Waals surface area contributed by atoms with Gasteiger partial charge in [-0.15, -0.1) is 0 Å². The summed E-state index contributed by atoms with van der Waals surface area (Å²) in [6.45, 7) is 2.03. The van der Waals surface area contributed by atoms with Crippen molar-refractivity contribution < 1.29 is 0 Å². The first-order chi connectivity index (χ1) is 13.2. The lowest BCUT2D eigenvalue weighted by Crippen LogP contribution is -1.95. The van der Waals surface area contributed by atoms with Crippen molar-refractivity contribution in [2.24, 2.45) is 0 Å². The fourth-order valence-corrected chi connectivity index (χ4v) is 3.82. The fourth-order valence-electron chi connectivity index (χ4n) is 3.49. The molecule has 0 radical (unpaired) electrons. The van der Waals surface area contributed by atoms with E-state index in [-0.39, 0.29) is 0 Å². The number of hydrogen-bond donors (Lipinski definition) is 0. The molecule has 27 heavy (non-hydrogen) atoms. The summed E-state index contributed by atoms with van der Waals surface area (Å²) in [5.74, 6) is 0. The summed E-state index contributed by atoms with van der Waals surface area (Å²) < 4.78 is 2.05. The summed E-state index contributed by atoms with van der Waals surface area (Å²) in [5.41, 5.74) is 7.18. The van der Waals surface area contributed by atoms with Crippen molar-refractivity contribution in [1.82, 2.24) is 14.5 Å². The fraction of sp³-hybridized carbons (Fsp3) is 0.0435. The molecule has 2 aromatic heterocycles. The van der Waals surface area contributed by atoms with Crippen LogP contribution in [0.1, 0.15) is 5.56 Å². The van der Waals surface area contributed by atoms with Crippen LogP contribution in [0.4, 0.5) is 0 Å². The van der Waals surface area contributed by atoms with Crippen molar-refractivity contribution in [2.45, 2.75) is 6.92 Å². The number of pyridine rings is 1. The Kier molecular flexibility index (Phi) is 3.69. The minimum atomic E-state index is 0.707. The average Bonchev–Trinajstić information content (AvgIpc) is 3.13. The lowest BCUT2D eigenvalue weighted by Gasteiger charge is -2.10. The molecule has 0 unspecified atom stereocenters. The Morgan fingerprint density at radius 3 is 2.48 bits per heavy atom. The lowest BCUT2D eigenvalue weighted by atomic mass is 10.0. The van der Waals surface area contributed by atoms with Crippen LogP contribution in [-0.2, 0) is 0 Å². The van der Waals surface area contributed by atoms with Gasteiger partial charge >= 0.3 is 0 Å². The maximum atomic E-state index is 6.54. The van der Waals surface area contributed by atoms with Crippen LogP contribution in [0.2, 0.25) is 5.02 Å². The highest BCUT2D eigenvalue weighted by molar-refractivity contribution is 6.32. The lowest BCUT2D eigenvalue weighted by molar-refractivity contribution is 1.09. The molecule has 0 bridgehead atoms. The Balaban J connectivity index is 1.82. The van der Waals surface area contributed by atoms with Crippen LogP contribution in [0, 0.1) is 6.92 Å². The molecule has 0 atom stereocenters. The second kappa shape index (κ2) is 6.22. The molecule has 3 aromatic carbocycles. The first kappa shape index (κ1) is 16.0. The van der Waals surface area contributed by atoms with E-state index in [0.717, 1.165) is 38.8 Å². The largest absolute Gasteiger partial charge is 0.297 e. The molecule has 0 aliphatic carbocycles. The third-order valence-electron chi connectivity index (χ3n) is 4.84. The molecule has 0 saturated heterocycles. The molecule has 3 nitrogen and oxygen atoms in total. The Bertz CT molecular complexity index is 1290. The van der Waals surface area contributed by atoms with E-state index in [9.17, 15) is 0 Å². The number of fused-ring (bicyclic) bond motifs is 3. The topological polar surface area (TPSA) is 30.7 Å². The van der Waals surface area contributed by atoms with Crippen LogP contribution in [0.5, 0.6) is 0 Å². The Morgan fingerprint density at radius 2 is 1.67 bits per heavy atom. The zero-order chi connectivity index (χ0) is 18.4. The van der Waals surface area contributed by atoms with Gasteiger partial charge in [0.25, 0.3) is 0 Å². The molecule has 0 aliphatic rings. The Hall–Kier alpha value is -3.17. The highest BCUT2D eigenvalue weighted by atomic mass is 35.5. The van der Waals surface area contributed by atoms with E-state index in [4.69, 9.17) is 11.6 Å². The van der Waals surface area contributed by atoms with Crippen LogP contribution in [0.3, 0.4) is 0 Å². The minimum Gasteiger partial charge on any atom is -0.297 e. The van der Waals surface area contributed by atoms with Gasteiger partial charge in [-0.3, -0.25) is 9.55 Å². The molecule has 0 amide bonds. The zero-order valence-corrected chi connectivity index (χ0v) is 15.5. The number of benzene rings is 3. The molecule has 0 N–H and O–H groups in total. The first-order valence-electron chi connectivity index (χ1n) is 8.78. The molecule has 5 rings (SSSR count). The first-order valence-corrected chi connectivity index (χ1v) is 9.16. The predicted octanol–water partition coefficient (Wildman–Crippen LogP) is 6.20. The van der Waals surface area contributed by atoms with Gasteiger partial charge < -0.3 is 0 Å². The van der Waals surface area contributed by atoms with Crippen molar-refractivity contribution in [3.8, 4) is 16.8 Å². The van der Waals surface area contributed by atoms with Gasteiger partial charge in [-0.2, -0.15) is 0 Å². The number of hydrogen-bond acceptors (Lipinski definition) is 2. The molecule has 4 heteroatoms. The third kappa shape index (κ3) is 2.68. The number of aromatic nitrogens is 3. The number of nitrogens with zero attached hydrogens (tertiary/aromatic N) is 3. The molecule has 0 aliphatic heterocycles. The van der Waals surface area contributed by atoms with Crippen molar-refractivity contribution >= 4 is 33.5 Å². The minimum absolute atomic E-state index is 0.707. The maximum Gasteiger partial charge on any atom is 0.108 e. The second-order valence-corrected chi connectivity index (χ2v) is 7.07. The van der Waals surface area contributed by atoms with Crippen LogP contribution in [0.25, 0.3) is 38.8 Å². The van der Waals surface area contributed by atoms with Gasteiger partial charge in [0, 0.05) is 5.39 Å². The number of halogens is 1. The number of aryl methyl sites for hydroxylation is 1. The zero-order valence-electron chi connectivity index (χ0n) is 14.7. The smallest absolute Gasteiger partial charge is 0.108 e. The summed E-state index contributed by atoms with van der Waals surface area (Å²) in [6.07, 6.45) is 3.63. The van der Waals surface area contributed by atoms with Crippen LogP contribution in [0.15, 0.2) is 79.3 Å². The normalized spacial score (nSPS) is 11.3.